The van der Waals surface area contributed by atoms with Gasteiger partial charge < -0.3 is 9.84 Å². The number of nitrogens with zero attached hydrogens (tertiary/aromatic N) is 3. The Bertz CT molecular complexity index is 953. The van der Waals surface area contributed by atoms with Crippen LogP contribution >= 0.6 is 0 Å². The second-order valence-electron chi connectivity index (χ2n) is 8.38. The van der Waals surface area contributed by atoms with E-state index in [0.29, 0.717) is 5.76 Å². The van der Waals surface area contributed by atoms with Crippen molar-refractivity contribution in [2.45, 2.75) is 82.7 Å². The van der Waals surface area contributed by atoms with Crippen molar-refractivity contribution in [2.24, 2.45) is 0 Å². The summed E-state index contributed by atoms with van der Waals surface area (Å²) in [5.74, 6) is 0.250. The zero-order valence-electron chi connectivity index (χ0n) is 16.1. The van der Waals surface area contributed by atoms with Crippen LogP contribution in [0.2, 0.25) is 0 Å². The van der Waals surface area contributed by atoms with Crippen molar-refractivity contribution in [3.63, 3.8) is 0 Å². The average Bonchev–Trinajstić information content (AvgIpc) is 3.34. The number of rotatable bonds is 3. The van der Waals surface area contributed by atoms with Crippen LogP contribution in [0.1, 0.15) is 84.1 Å². The van der Waals surface area contributed by atoms with E-state index in [2.05, 4.69) is 15.6 Å². The van der Waals surface area contributed by atoms with E-state index in [1.165, 1.54) is 0 Å². The SMILES string of the molecule is O=C(NC1CCC(n2nc3c(cc2=O)CCC3)CC1)c1onc2c1CCCC2. The number of hydrogen-bond acceptors (Lipinski definition) is 5. The fourth-order valence-corrected chi connectivity index (χ4v) is 4.96. The lowest BCUT2D eigenvalue weighted by atomic mass is 9.90. The van der Waals surface area contributed by atoms with Gasteiger partial charge in [-0.2, -0.15) is 5.10 Å². The standard InChI is InChI=1S/C21H26N4O3/c26-19-12-13-4-3-7-17(13)23-25(19)15-10-8-14(9-11-15)22-21(27)20-16-5-1-2-6-18(16)24-28-20/h12,14-15H,1-11H2,(H,22,27). The Hall–Kier alpha value is -2.44. The minimum atomic E-state index is -0.146. The van der Waals surface area contributed by atoms with Gasteiger partial charge in [-0.1, -0.05) is 5.16 Å². The van der Waals surface area contributed by atoms with Crippen LogP contribution in [-0.2, 0) is 25.7 Å². The number of aromatic nitrogens is 3. The number of hydrogen-bond donors (Lipinski definition) is 1. The Morgan fingerprint density at radius 3 is 2.68 bits per heavy atom. The zero-order valence-corrected chi connectivity index (χ0v) is 16.1. The molecule has 1 amide bonds. The number of nitrogens with one attached hydrogen (secondary N) is 1. The maximum absolute atomic E-state index is 12.7. The van der Waals surface area contributed by atoms with Gasteiger partial charge in [0.25, 0.3) is 11.5 Å². The molecule has 2 aromatic rings. The van der Waals surface area contributed by atoms with E-state index < -0.39 is 0 Å². The molecule has 148 valence electrons. The van der Waals surface area contributed by atoms with Crippen molar-refractivity contribution in [1.82, 2.24) is 20.3 Å². The highest BCUT2D eigenvalue weighted by molar-refractivity contribution is 5.93. The first-order chi connectivity index (χ1) is 13.7. The van der Waals surface area contributed by atoms with Gasteiger partial charge in [0, 0.05) is 17.7 Å². The molecule has 7 heteroatoms. The summed E-state index contributed by atoms with van der Waals surface area (Å²) in [4.78, 5) is 25.1. The topological polar surface area (TPSA) is 90.0 Å². The molecule has 0 bridgehead atoms. The number of carbonyl (C=O) groups excluding carboxylic acids is 1. The van der Waals surface area contributed by atoms with Gasteiger partial charge in [0.2, 0.25) is 5.76 Å². The Balaban J connectivity index is 1.23. The molecule has 5 rings (SSSR count). The third kappa shape index (κ3) is 3.16. The molecule has 0 aromatic carbocycles. The highest BCUT2D eigenvalue weighted by Crippen LogP contribution is 2.29. The summed E-state index contributed by atoms with van der Waals surface area (Å²) < 4.78 is 7.04. The summed E-state index contributed by atoms with van der Waals surface area (Å²) >= 11 is 0. The molecule has 0 saturated heterocycles. The predicted octanol–water partition coefficient (Wildman–Crippen LogP) is 2.51. The quantitative estimate of drug-likeness (QED) is 0.881. The van der Waals surface area contributed by atoms with Crippen LogP contribution in [0.3, 0.4) is 0 Å². The first kappa shape index (κ1) is 17.6. The van der Waals surface area contributed by atoms with Crippen molar-refractivity contribution in [1.29, 1.82) is 0 Å². The number of aryl methyl sites for hydroxylation is 3. The van der Waals surface area contributed by atoms with Crippen LogP contribution in [0.25, 0.3) is 0 Å². The summed E-state index contributed by atoms with van der Waals surface area (Å²) in [6.07, 6.45) is 10.4. The molecule has 2 aromatic heterocycles. The van der Waals surface area contributed by atoms with Gasteiger partial charge in [0.15, 0.2) is 0 Å². The highest BCUT2D eigenvalue weighted by Gasteiger charge is 2.29. The molecule has 3 aliphatic rings. The monoisotopic (exact) mass is 382 g/mol. The summed E-state index contributed by atoms with van der Waals surface area (Å²) in [5.41, 5.74) is 4.16. The van der Waals surface area contributed by atoms with Gasteiger partial charge in [0.1, 0.15) is 0 Å². The summed E-state index contributed by atoms with van der Waals surface area (Å²) in [6.45, 7) is 0. The maximum atomic E-state index is 12.7. The second kappa shape index (κ2) is 7.18. The maximum Gasteiger partial charge on any atom is 0.290 e. The average molecular weight is 382 g/mol. The molecule has 0 unspecified atom stereocenters. The molecule has 1 N–H and O–H groups in total. The number of carbonyl (C=O) groups is 1. The van der Waals surface area contributed by atoms with Crippen LogP contribution in [0.4, 0.5) is 0 Å². The summed E-state index contributed by atoms with van der Waals surface area (Å²) in [7, 11) is 0. The third-order valence-corrected chi connectivity index (χ3v) is 6.53. The molecular formula is C21H26N4O3. The van der Waals surface area contributed by atoms with Crippen molar-refractivity contribution in [3.05, 3.63) is 44.7 Å². The molecule has 1 fully saturated rings. The van der Waals surface area contributed by atoms with Crippen LogP contribution in [0, 0.1) is 0 Å². The van der Waals surface area contributed by atoms with E-state index in [9.17, 15) is 9.59 Å². The van der Waals surface area contributed by atoms with E-state index in [0.717, 1.165) is 93.1 Å². The summed E-state index contributed by atoms with van der Waals surface area (Å²) in [5, 5.41) is 11.8. The molecule has 0 aliphatic heterocycles. The van der Waals surface area contributed by atoms with E-state index >= 15 is 0 Å². The second-order valence-corrected chi connectivity index (χ2v) is 8.38. The van der Waals surface area contributed by atoms with E-state index in [4.69, 9.17) is 4.52 Å². The summed E-state index contributed by atoms with van der Waals surface area (Å²) in [6, 6.07) is 2.01. The molecule has 0 atom stereocenters. The molecule has 0 spiro atoms. The van der Waals surface area contributed by atoms with Crippen molar-refractivity contribution in [3.8, 4) is 0 Å². The molecule has 1 saturated carbocycles. The largest absolute Gasteiger partial charge is 0.350 e. The lowest BCUT2D eigenvalue weighted by Crippen LogP contribution is -2.40. The van der Waals surface area contributed by atoms with Crippen molar-refractivity contribution >= 4 is 5.91 Å². The smallest absolute Gasteiger partial charge is 0.290 e. The van der Waals surface area contributed by atoms with E-state index in [-0.39, 0.29) is 23.6 Å². The van der Waals surface area contributed by atoms with E-state index in [1.807, 2.05) is 0 Å². The van der Waals surface area contributed by atoms with Crippen LogP contribution in [0.5, 0.6) is 0 Å². The Kier molecular flexibility index (Phi) is 4.53. The highest BCUT2D eigenvalue weighted by atomic mass is 16.5. The van der Waals surface area contributed by atoms with Crippen LogP contribution in [-0.4, -0.2) is 26.9 Å². The predicted molar refractivity (Wildman–Crippen MR) is 102 cm³/mol. The number of amides is 1. The fraction of sp³-hybridized carbons (Fsp3) is 0.619. The van der Waals surface area contributed by atoms with Crippen molar-refractivity contribution in [2.75, 3.05) is 0 Å². The fourth-order valence-electron chi connectivity index (χ4n) is 4.96. The third-order valence-electron chi connectivity index (χ3n) is 6.53. The van der Waals surface area contributed by atoms with Crippen LogP contribution in [0.15, 0.2) is 15.4 Å². The minimum absolute atomic E-state index is 0.0152. The molecule has 0 radical (unpaired) electrons. The van der Waals surface area contributed by atoms with Gasteiger partial charge in [-0.05, 0) is 76.2 Å². The lowest BCUT2D eigenvalue weighted by Gasteiger charge is -2.29. The first-order valence-corrected chi connectivity index (χ1v) is 10.6. The van der Waals surface area contributed by atoms with Gasteiger partial charge in [-0.15, -0.1) is 0 Å². The number of fused-ring (bicyclic) bond motifs is 2. The normalized spacial score (nSPS) is 23.9. The van der Waals surface area contributed by atoms with Gasteiger partial charge in [-0.3, -0.25) is 9.59 Å². The molecule has 28 heavy (non-hydrogen) atoms. The Labute approximate surface area is 163 Å². The molecule has 3 aliphatic carbocycles. The van der Waals surface area contributed by atoms with Crippen molar-refractivity contribution < 1.29 is 9.32 Å². The first-order valence-electron chi connectivity index (χ1n) is 10.6. The molecular weight excluding hydrogens is 356 g/mol. The van der Waals surface area contributed by atoms with Gasteiger partial charge in [0.05, 0.1) is 17.4 Å². The Morgan fingerprint density at radius 1 is 1.04 bits per heavy atom. The molecule has 7 nitrogen and oxygen atoms in total. The van der Waals surface area contributed by atoms with Gasteiger partial charge >= 0.3 is 0 Å². The minimum Gasteiger partial charge on any atom is -0.350 e. The Morgan fingerprint density at radius 2 is 1.82 bits per heavy atom. The lowest BCUT2D eigenvalue weighted by molar-refractivity contribution is 0.0882. The van der Waals surface area contributed by atoms with E-state index in [1.54, 1.807) is 10.7 Å². The van der Waals surface area contributed by atoms with Crippen LogP contribution < -0.4 is 10.9 Å². The zero-order chi connectivity index (χ0) is 19.1. The molecule has 2 heterocycles. The van der Waals surface area contributed by atoms with Gasteiger partial charge in [-0.25, -0.2) is 4.68 Å².